The molecule has 0 aromatic carbocycles. The summed E-state index contributed by atoms with van der Waals surface area (Å²) in [5.41, 5.74) is 0. The van der Waals surface area contributed by atoms with Crippen molar-refractivity contribution in [3.05, 3.63) is 16.5 Å². The smallest absolute Gasteiger partial charge is 0.376 e. The van der Waals surface area contributed by atoms with Crippen LogP contribution in [0.4, 0.5) is 0 Å². The second-order valence-electron chi connectivity index (χ2n) is 3.16. The average Bonchev–Trinajstić information content (AvgIpc) is 2.38. The second-order valence-corrected chi connectivity index (χ2v) is 4.98. The topological polar surface area (TPSA) is 78.4 Å². The zero-order valence-corrected chi connectivity index (χ0v) is 12.9. The number of carbonyl (C=O) groups excluding carboxylic acids is 2. The summed E-state index contributed by atoms with van der Waals surface area (Å²) in [5.74, 6) is -0.841. The molecule has 1 aromatic rings. The van der Waals surface area contributed by atoms with E-state index in [2.05, 4.69) is 25.9 Å². The van der Waals surface area contributed by atoms with Gasteiger partial charge in [-0.2, -0.15) is 0 Å². The van der Waals surface area contributed by atoms with E-state index in [-0.39, 0.29) is 24.2 Å². The van der Waals surface area contributed by atoms with Gasteiger partial charge in [-0.1, -0.05) is 11.8 Å². The lowest BCUT2D eigenvalue weighted by Crippen LogP contribution is -2.11. The van der Waals surface area contributed by atoms with Crippen molar-refractivity contribution >= 4 is 39.6 Å². The summed E-state index contributed by atoms with van der Waals surface area (Å²) in [6.07, 6.45) is 1.45. The number of hydrogen-bond donors (Lipinski definition) is 0. The summed E-state index contributed by atoms with van der Waals surface area (Å²) in [4.78, 5) is 30.6. The fourth-order valence-electron chi connectivity index (χ4n) is 1.08. The van der Waals surface area contributed by atoms with Gasteiger partial charge in [-0.15, -0.1) is 0 Å². The number of aromatic nitrogens is 2. The Bertz CT molecular complexity index is 470. The molecule has 0 radical (unpaired) electrons. The van der Waals surface area contributed by atoms with E-state index in [1.165, 1.54) is 6.20 Å². The van der Waals surface area contributed by atoms with Crippen LogP contribution in [0.3, 0.4) is 0 Å². The first-order valence-electron chi connectivity index (χ1n) is 5.56. The Labute approximate surface area is 123 Å². The van der Waals surface area contributed by atoms with Gasteiger partial charge in [0.05, 0.1) is 23.4 Å². The molecule has 19 heavy (non-hydrogen) atoms. The lowest BCUT2D eigenvalue weighted by atomic mass is 10.5. The molecule has 1 heterocycles. The molecule has 1 rings (SSSR count). The number of ether oxygens (including phenoxy) is 2. The van der Waals surface area contributed by atoms with E-state index in [0.717, 1.165) is 11.8 Å². The van der Waals surface area contributed by atoms with Crippen LogP contribution in [0.5, 0.6) is 0 Å². The van der Waals surface area contributed by atoms with Gasteiger partial charge < -0.3 is 9.47 Å². The van der Waals surface area contributed by atoms with E-state index in [1.807, 2.05) is 0 Å². The summed E-state index contributed by atoms with van der Waals surface area (Å²) in [6.45, 7) is 4.02. The van der Waals surface area contributed by atoms with Crippen molar-refractivity contribution in [3.63, 3.8) is 0 Å². The molecule has 6 nitrogen and oxygen atoms in total. The van der Waals surface area contributed by atoms with E-state index in [0.29, 0.717) is 16.1 Å². The van der Waals surface area contributed by atoms with Gasteiger partial charge in [0.15, 0.2) is 0 Å². The summed E-state index contributed by atoms with van der Waals surface area (Å²) < 4.78 is 10.2. The minimum atomic E-state index is -0.590. The maximum Gasteiger partial charge on any atom is 0.376 e. The van der Waals surface area contributed by atoms with E-state index in [1.54, 1.807) is 13.8 Å². The average molecular weight is 349 g/mol. The fraction of sp³-hybridized carbons (Fsp3) is 0.455. The fourth-order valence-corrected chi connectivity index (χ4v) is 2.29. The predicted octanol–water partition coefficient (Wildman–Crippen LogP) is 2.07. The van der Waals surface area contributed by atoms with Gasteiger partial charge in [-0.05, 0) is 29.8 Å². The highest BCUT2D eigenvalue weighted by molar-refractivity contribution is 9.10. The van der Waals surface area contributed by atoms with Crippen LogP contribution in [0.15, 0.2) is 15.7 Å². The third kappa shape index (κ3) is 5.15. The van der Waals surface area contributed by atoms with E-state index < -0.39 is 5.97 Å². The van der Waals surface area contributed by atoms with E-state index >= 15 is 0 Å². The highest BCUT2D eigenvalue weighted by Gasteiger charge is 2.14. The van der Waals surface area contributed by atoms with Crippen molar-refractivity contribution in [2.45, 2.75) is 18.9 Å². The molecule has 0 aliphatic carbocycles. The standard InChI is InChI=1S/C11H13BrN2O4S/c1-3-17-8(15)6-19-10-7(12)5-13-9(14-10)11(16)18-4-2/h5H,3-4,6H2,1-2H3. The van der Waals surface area contributed by atoms with Crippen molar-refractivity contribution in [3.8, 4) is 0 Å². The van der Waals surface area contributed by atoms with Crippen molar-refractivity contribution < 1.29 is 19.1 Å². The summed E-state index contributed by atoms with van der Waals surface area (Å²) in [5, 5.41) is 0.492. The SMILES string of the molecule is CCOC(=O)CSc1nc(C(=O)OCC)ncc1Br. The monoisotopic (exact) mass is 348 g/mol. The van der Waals surface area contributed by atoms with Gasteiger partial charge in [-0.25, -0.2) is 14.8 Å². The first-order chi connectivity index (χ1) is 9.08. The Morgan fingerprint density at radius 2 is 2.00 bits per heavy atom. The van der Waals surface area contributed by atoms with Crippen LogP contribution in [0.2, 0.25) is 0 Å². The van der Waals surface area contributed by atoms with Gasteiger partial charge in [0.25, 0.3) is 0 Å². The maximum atomic E-state index is 11.5. The minimum Gasteiger partial charge on any atom is -0.465 e. The summed E-state index contributed by atoms with van der Waals surface area (Å²) in [6, 6.07) is 0. The zero-order chi connectivity index (χ0) is 14.3. The lowest BCUT2D eigenvalue weighted by Gasteiger charge is -2.05. The van der Waals surface area contributed by atoms with Crippen LogP contribution in [-0.2, 0) is 14.3 Å². The Balaban J connectivity index is 2.74. The Morgan fingerprint density at radius 3 is 2.63 bits per heavy atom. The number of rotatable bonds is 6. The van der Waals surface area contributed by atoms with Gasteiger partial charge in [0.2, 0.25) is 5.82 Å². The Hall–Kier alpha value is -1.15. The largest absolute Gasteiger partial charge is 0.465 e. The van der Waals surface area contributed by atoms with Crippen LogP contribution in [-0.4, -0.2) is 40.9 Å². The maximum absolute atomic E-state index is 11.5. The van der Waals surface area contributed by atoms with Gasteiger partial charge in [0.1, 0.15) is 5.03 Å². The third-order valence-electron chi connectivity index (χ3n) is 1.80. The molecule has 0 aliphatic heterocycles. The number of nitrogens with zero attached hydrogens (tertiary/aromatic N) is 2. The molecule has 0 spiro atoms. The molecule has 1 aromatic heterocycles. The molecular formula is C11H13BrN2O4S. The molecule has 0 N–H and O–H groups in total. The van der Waals surface area contributed by atoms with Gasteiger partial charge in [-0.3, -0.25) is 4.79 Å². The third-order valence-corrected chi connectivity index (χ3v) is 3.61. The molecule has 0 bridgehead atoms. The highest BCUT2D eigenvalue weighted by Crippen LogP contribution is 2.24. The van der Waals surface area contributed by atoms with Crippen LogP contribution in [0.25, 0.3) is 0 Å². The molecule has 0 fully saturated rings. The van der Waals surface area contributed by atoms with Crippen LogP contribution < -0.4 is 0 Å². The predicted molar refractivity (Wildman–Crippen MR) is 73.0 cm³/mol. The van der Waals surface area contributed by atoms with Crippen LogP contribution in [0.1, 0.15) is 24.5 Å². The molecule has 104 valence electrons. The summed E-state index contributed by atoms with van der Waals surface area (Å²) >= 11 is 4.42. The number of halogens is 1. The van der Waals surface area contributed by atoms with Gasteiger partial charge in [0, 0.05) is 6.20 Å². The van der Waals surface area contributed by atoms with E-state index in [9.17, 15) is 9.59 Å². The van der Waals surface area contributed by atoms with Gasteiger partial charge >= 0.3 is 11.9 Å². The molecule has 0 atom stereocenters. The molecule has 8 heteroatoms. The number of carbonyl (C=O) groups is 2. The Kier molecular flexibility index (Phi) is 6.79. The van der Waals surface area contributed by atoms with Crippen LogP contribution >= 0.6 is 27.7 Å². The molecule has 0 saturated carbocycles. The molecule has 0 aliphatic rings. The Morgan fingerprint density at radius 1 is 1.32 bits per heavy atom. The first kappa shape index (κ1) is 15.9. The lowest BCUT2D eigenvalue weighted by molar-refractivity contribution is -0.139. The molecule has 0 saturated heterocycles. The summed E-state index contributed by atoms with van der Waals surface area (Å²) in [7, 11) is 0. The van der Waals surface area contributed by atoms with Crippen molar-refractivity contribution in [2.75, 3.05) is 19.0 Å². The normalized spacial score (nSPS) is 10.1. The number of esters is 2. The quantitative estimate of drug-likeness (QED) is 0.442. The second kappa shape index (κ2) is 8.11. The van der Waals surface area contributed by atoms with Crippen molar-refractivity contribution in [1.29, 1.82) is 0 Å². The highest BCUT2D eigenvalue weighted by atomic mass is 79.9. The van der Waals surface area contributed by atoms with Crippen molar-refractivity contribution in [1.82, 2.24) is 9.97 Å². The minimum absolute atomic E-state index is 0.0311. The molecular weight excluding hydrogens is 336 g/mol. The van der Waals surface area contributed by atoms with Crippen molar-refractivity contribution in [2.24, 2.45) is 0 Å². The number of thioether (sulfide) groups is 1. The molecule has 0 amide bonds. The zero-order valence-electron chi connectivity index (χ0n) is 10.5. The molecule has 0 unspecified atom stereocenters. The van der Waals surface area contributed by atoms with Crippen LogP contribution in [0, 0.1) is 0 Å². The first-order valence-corrected chi connectivity index (χ1v) is 7.34. The number of hydrogen-bond acceptors (Lipinski definition) is 7. The van der Waals surface area contributed by atoms with E-state index in [4.69, 9.17) is 9.47 Å².